The topological polar surface area (TPSA) is 57.6 Å². The van der Waals surface area contributed by atoms with E-state index in [-0.39, 0.29) is 16.8 Å². The van der Waals surface area contributed by atoms with Gasteiger partial charge in [0, 0.05) is 16.1 Å². The van der Waals surface area contributed by atoms with E-state index in [1.54, 1.807) is 18.4 Å². The summed E-state index contributed by atoms with van der Waals surface area (Å²) in [5, 5.41) is 12.6. The number of anilines is 1. The summed E-state index contributed by atoms with van der Waals surface area (Å²) >= 11 is 1.20. The molecule has 2 aromatic carbocycles. The lowest BCUT2D eigenvalue weighted by Crippen LogP contribution is -2.29. The third kappa shape index (κ3) is 3.69. The maximum absolute atomic E-state index is 13.3. The van der Waals surface area contributed by atoms with Gasteiger partial charge in [-0.3, -0.25) is 14.5 Å². The number of alkyl halides is 3. The normalized spacial score (nSPS) is 18.4. The van der Waals surface area contributed by atoms with Gasteiger partial charge < -0.3 is 5.11 Å². The smallest absolute Gasteiger partial charge is 0.416 e. The van der Waals surface area contributed by atoms with Crippen molar-refractivity contribution in [2.75, 3.05) is 4.90 Å². The van der Waals surface area contributed by atoms with E-state index in [1.165, 1.54) is 29.5 Å². The molecule has 32 heavy (non-hydrogen) atoms. The van der Waals surface area contributed by atoms with Gasteiger partial charge in [0.1, 0.15) is 17.6 Å². The van der Waals surface area contributed by atoms with Crippen molar-refractivity contribution in [3.05, 3.63) is 92.9 Å². The van der Waals surface area contributed by atoms with Crippen LogP contribution < -0.4 is 4.90 Å². The van der Waals surface area contributed by atoms with Crippen LogP contribution in [0, 0.1) is 12.7 Å². The highest BCUT2D eigenvalue weighted by molar-refractivity contribution is 7.10. The number of benzene rings is 2. The predicted octanol–water partition coefficient (Wildman–Crippen LogP) is 5.84. The van der Waals surface area contributed by atoms with Crippen molar-refractivity contribution in [1.82, 2.24) is 0 Å². The first kappa shape index (κ1) is 21.8. The number of halogens is 4. The summed E-state index contributed by atoms with van der Waals surface area (Å²) < 4.78 is 53.1. The number of aliphatic hydroxyl groups excluding tert-OH is 1. The first-order valence-corrected chi connectivity index (χ1v) is 10.3. The highest BCUT2D eigenvalue weighted by Crippen LogP contribution is 2.45. The molecular formula is C23H15F4NO3S. The van der Waals surface area contributed by atoms with E-state index in [4.69, 9.17) is 0 Å². The molecular weight excluding hydrogens is 446 g/mol. The highest BCUT2D eigenvalue weighted by atomic mass is 32.1. The van der Waals surface area contributed by atoms with Gasteiger partial charge in [0.15, 0.2) is 0 Å². The molecule has 1 aliphatic rings. The summed E-state index contributed by atoms with van der Waals surface area (Å²) in [6, 6.07) is 9.38. The van der Waals surface area contributed by atoms with Crippen molar-refractivity contribution in [1.29, 1.82) is 0 Å². The molecule has 1 N–H and O–H groups in total. The molecule has 1 fully saturated rings. The summed E-state index contributed by atoms with van der Waals surface area (Å²) in [6.45, 7) is 1.73. The molecule has 1 aromatic heterocycles. The molecule has 4 nitrogen and oxygen atoms in total. The largest absolute Gasteiger partial charge is 0.507 e. The average Bonchev–Trinajstić information content (AvgIpc) is 3.28. The lowest BCUT2D eigenvalue weighted by molar-refractivity contribution is -0.137. The van der Waals surface area contributed by atoms with E-state index in [0.29, 0.717) is 10.4 Å². The Morgan fingerprint density at radius 1 is 1.06 bits per heavy atom. The van der Waals surface area contributed by atoms with E-state index >= 15 is 0 Å². The summed E-state index contributed by atoms with van der Waals surface area (Å²) in [5.74, 6) is -3.19. The summed E-state index contributed by atoms with van der Waals surface area (Å²) in [5.41, 5.74) is -0.573. The van der Waals surface area contributed by atoms with E-state index < -0.39 is 41.0 Å². The Balaban J connectivity index is 1.94. The Hall–Kier alpha value is -3.46. The molecule has 9 heteroatoms. The molecule has 1 amide bonds. The fraction of sp³-hybridized carbons (Fsp3) is 0.130. The van der Waals surface area contributed by atoms with E-state index in [1.807, 2.05) is 0 Å². The van der Waals surface area contributed by atoms with Gasteiger partial charge in [-0.2, -0.15) is 13.2 Å². The first-order valence-electron chi connectivity index (χ1n) is 9.38. The first-order chi connectivity index (χ1) is 15.1. The van der Waals surface area contributed by atoms with Crippen LogP contribution in [0.5, 0.6) is 0 Å². The van der Waals surface area contributed by atoms with Gasteiger partial charge in [0.25, 0.3) is 11.7 Å². The summed E-state index contributed by atoms with van der Waals surface area (Å²) in [7, 11) is 0. The number of aryl methyl sites for hydroxylation is 1. The van der Waals surface area contributed by atoms with Crippen LogP contribution in [0.3, 0.4) is 0 Å². The van der Waals surface area contributed by atoms with Crippen molar-refractivity contribution in [2.24, 2.45) is 0 Å². The molecule has 0 radical (unpaired) electrons. The van der Waals surface area contributed by atoms with Gasteiger partial charge in [-0.05, 0) is 66.4 Å². The molecule has 0 bridgehead atoms. The number of ketones is 1. The number of carbonyl (C=O) groups excluding carboxylic acids is 2. The van der Waals surface area contributed by atoms with Crippen LogP contribution in [0.4, 0.5) is 23.2 Å². The van der Waals surface area contributed by atoms with Gasteiger partial charge >= 0.3 is 6.18 Å². The van der Waals surface area contributed by atoms with Crippen molar-refractivity contribution in [3.63, 3.8) is 0 Å². The standard InChI is InChI=1S/C23H15F4NO3S/c1-12-9-10-32-21(12)18-17(19(29)13-5-7-15(24)8-6-13)20(30)22(31)28(18)16-4-2-3-14(11-16)23(25,26)27/h2-11,18,29H,1H3/b19-17-. The Bertz CT molecular complexity index is 1240. The second-order valence-corrected chi connectivity index (χ2v) is 8.14. The number of thiophene rings is 1. The Labute approximate surface area is 184 Å². The second kappa shape index (κ2) is 7.90. The number of hydrogen-bond acceptors (Lipinski definition) is 4. The van der Waals surface area contributed by atoms with Crippen molar-refractivity contribution < 1.29 is 32.3 Å². The van der Waals surface area contributed by atoms with Crippen LogP contribution >= 0.6 is 11.3 Å². The molecule has 1 atom stereocenters. The fourth-order valence-electron chi connectivity index (χ4n) is 3.61. The van der Waals surface area contributed by atoms with Gasteiger partial charge in [0.05, 0.1) is 11.1 Å². The quantitative estimate of drug-likeness (QED) is 0.231. The minimum atomic E-state index is -4.65. The van der Waals surface area contributed by atoms with Crippen molar-refractivity contribution >= 4 is 34.5 Å². The molecule has 1 saturated heterocycles. The van der Waals surface area contributed by atoms with Crippen molar-refractivity contribution in [3.8, 4) is 0 Å². The number of carbonyl (C=O) groups is 2. The third-order valence-corrected chi connectivity index (χ3v) is 6.24. The maximum Gasteiger partial charge on any atom is 0.416 e. The maximum atomic E-state index is 13.3. The van der Waals surface area contributed by atoms with E-state index in [2.05, 4.69) is 0 Å². The Morgan fingerprint density at radius 3 is 2.34 bits per heavy atom. The molecule has 4 rings (SSSR count). The zero-order valence-corrected chi connectivity index (χ0v) is 17.3. The zero-order chi connectivity index (χ0) is 23.2. The molecule has 1 aliphatic heterocycles. The van der Waals surface area contributed by atoms with Crippen molar-refractivity contribution in [2.45, 2.75) is 19.1 Å². The minimum Gasteiger partial charge on any atom is -0.507 e. The lowest BCUT2D eigenvalue weighted by Gasteiger charge is -2.25. The minimum absolute atomic E-state index is 0.104. The molecule has 2 heterocycles. The zero-order valence-electron chi connectivity index (χ0n) is 16.5. The van der Waals surface area contributed by atoms with Gasteiger partial charge in [-0.25, -0.2) is 4.39 Å². The number of Topliss-reactive ketones (excluding diaryl/α,β-unsaturated/α-hetero) is 1. The van der Waals surface area contributed by atoms with Gasteiger partial charge in [0.2, 0.25) is 0 Å². The number of nitrogens with zero attached hydrogens (tertiary/aromatic N) is 1. The van der Waals surface area contributed by atoms with Crippen LogP contribution in [0.1, 0.15) is 27.6 Å². The second-order valence-electron chi connectivity index (χ2n) is 7.19. The molecule has 3 aromatic rings. The van der Waals surface area contributed by atoms with E-state index in [9.17, 15) is 32.3 Å². The van der Waals surface area contributed by atoms with Crippen LogP contribution in [-0.2, 0) is 15.8 Å². The van der Waals surface area contributed by atoms with Crippen LogP contribution in [0.2, 0.25) is 0 Å². The van der Waals surface area contributed by atoms with Gasteiger partial charge in [-0.1, -0.05) is 6.07 Å². The van der Waals surface area contributed by atoms with Gasteiger partial charge in [-0.15, -0.1) is 11.3 Å². The predicted molar refractivity (Wildman–Crippen MR) is 112 cm³/mol. The molecule has 0 spiro atoms. The summed E-state index contributed by atoms with van der Waals surface area (Å²) in [6.07, 6.45) is -4.65. The molecule has 1 unspecified atom stereocenters. The average molecular weight is 461 g/mol. The Morgan fingerprint density at radius 2 is 1.75 bits per heavy atom. The number of rotatable bonds is 3. The molecule has 0 saturated carbocycles. The van der Waals surface area contributed by atoms with Crippen LogP contribution in [0.25, 0.3) is 5.76 Å². The summed E-state index contributed by atoms with van der Waals surface area (Å²) in [4.78, 5) is 27.4. The number of hydrogen-bond donors (Lipinski definition) is 1. The Kier molecular flexibility index (Phi) is 5.37. The van der Waals surface area contributed by atoms with Crippen LogP contribution in [0.15, 0.2) is 65.6 Å². The molecule has 164 valence electrons. The monoisotopic (exact) mass is 461 g/mol. The highest BCUT2D eigenvalue weighted by Gasteiger charge is 2.48. The van der Waals surface area contributed by atoms with Crippen LogP contribution in [-0.4, -0.2) is 16.8 Å². The third-order valence-electron chi connectivity index (χ3n) is 5.16. The number of amides is 1. The SMILES string of the molecule is Cc1ccsc1C1/C(=C(/O)c2ccc(F)cc2)C(=O)C(=O)N1c1cccc(C(F)(F)F)c1. The fourth-order valence-corrected chi connectivity index (χ4v) is 4.63. The molecule has 0 aliphatic carbocycles. The van der Waals surface area contributed by atoms with E-state index in [0.717, 1.165) is 35.2 Å². The number of aliphatic hydroxyl groups is 1. The lowest BCUT2D eigenvalue weighted by atomic mass is 9.98.